The second kappa shape index (κ2) is 6.87. The van der Waals surface area contributed by atoms with Gasteiger partial charge < -0.3 is 10.3 Å². The van der Waals surface area contributed by atoms with Gasteiger partial charge in [-0.3, -0.25) is 9.78 Å². The van der Waals surface area contributed by atoms with Crippen LogP contribution in [0.2, 0.25) is 0 Å². The lowest BCUT2D eigenvalue weighted by molar-refractivity contribution is -0.117. The van der Waals surface area contributed by atoms with E-state index in [4.69, 9.17) is 0 Å². The standard InChI is InChI=1S/C18H18N4O/c1-2-14(18-21-15-5-3-4-6-16(15)22-18)20-17(23)8-7-13-9-11-19-12-10-13/h3-12,14H,2H2,1H3,(H,20,23)(H,21,22)/b8-7+. The van der Waals surface area contributed by atoms with Crippen LogP contribution in [0.25, 0.3) is 17.1 Å². The summed E-state index contributed by atoms with van der Waals surface area (Å²) in [7, 11) is 0. The third kappa shape index (κ3) is 3.63. The maximum Gasteiger partial charge on any atom is 0.244 e. The predicted octanol–water partition coefficient (Wildman–Crippen LogP) is 3.24. The van der Waals surface area contributed by atoms with Crippen LogP contribution < -0.4 is 5.32 Å². The lowest BCUT2D eigenvalue weighted by Gasteiger charge is -2.12. The average molecular weight is 306 g/mol. The number of nitrogens with zero attached hydrogens (tertiary/aromatic N) is 2. The molecule has 1 amide bonds. The van der Waals surface area contributed by atoms with Crippen LogP contribution in [0.5, 0.6) is 0 Å². The normalized spacial score (nSPS) is 12.6. The number of carbonyl (C=O) groups excluding carboxylic acids is 1. The number of rotatable bonds is 5. The third-order valence-electron chi connectivity index (χ3n) is 3.60. The zero-order chi connectivity index (χ0) is 16.1. The molecule has 2 heterocycles. The smallest absolute Gasteiger partial charge is 0.244 e. The number of amides is 1. The lowest BCUT2D eigenvalue weighted by Crippen LogP contribution is -2.27. The monoisotopic (exact) mass is 306 g/mol. The number of fused-ring (bicyclic) bond motifs is 1. The Balaban J connectivity index is 1.71. The van der Waals surface area contributed by atoms with Gasteiger partial charge in [-0.05, 0) is 42.3 Å². The van der Waals surface area contributed by atoms with E-state index in [-0.39, 0.29) is 11.9 Å². The molecule has 116 valence electrons. The Labute approximate surface area is 134 Å². The van der Waals surface area contributed by atoms with Crippen molar-refractivity contribution in [3.8, 4) is 0 Å². The first kappa shape index (κ1) is 15.0. The Bertz CT molecular complexity index is 790. The average Bonchev–Trinajstić information content (AvgIpc) is 3.02. The molecule has 3 aromatic rings. The first-order valence-corrected chi connectivity index (χ1v) is 7.59. The molecular weight excluding hydrogens is 288 g/mol. The van der Waals surface area contributed by atoms with Gasteiger partial charge in [0.05, 0.1) is 17.1 Å². The molecular formula is C18H18N4O. The van der Waals surface area contributed by atoms with Gasteiger partial charge in [-0.25, -0.2) is 4.98 Å². The number of aromatic nitrogens is 3. The zero-order valence-electron chi connectivity index (χ0n) is 12.9. The number of hydrogen-bond donors (Lipinski definition) is 2. The number of aromatic amines is 1. The topological polar surface area (TPSA) is 70.7 Å². The van der Waals surface area contributed by atoms with E-state index in [1.54, 1.807) is 18.5 Å². The molecule has 0 aliphatic heterocycles. The van der Waals surface area contributed by atoms with Gasteiger partial charge in [0.25, 0.3) is 0 Å². The molecule has 1 unspecified atom stereocenters. The number of hydrogen-bond acceptors (Lipinski definition) is 3. The second-order valence-electron chi connectivity index (χ2n) is 5.22. The van der Waals surface area contributed by atoms with Crippen LogP contribution in [-0.2, 0) is 4.79 Å². The zero-order valence-corrected chi connectivity index (χ0v) is 12.9. The molecule has 0 saturated carbocycles. The molecule has 5 nitrogen and oxygen atoms in total. The van der Waals surface area contributed by atoms with Crippen molar-refractivity contribution in [3.05, 3.63) is 66.3 Å². The number of para-hydroxylation sites is 2. The van der Waals surface area contributed by atoms with Gasteiger partial charge >= 0.3 is 0 Å². The summed E-state index contributed by atoms with van der Waals surface area (Å²) < 4.78 is 0. The van der Waals surface area contributed by atoms with E-state index in [9.17, 15) is 4.79 Å². The molecule has 0 radical (unpaired) electrons. The van der Waals surface area contributed by atoms with E-state index in [0.29, 0.717) is 0 Å². The molecule has 23 heavy (non-hydrogen) atoms. The van der Waals surface area contributed by atoms with Crippen LogP contribution in [0.4, 0.5) is 0 Å². The molecule has 1 aromatic carbocycles. The molecule has 5 heteroatoms. The van der Waals surface area contributed by atoms with Crippen LogP contribution in [0.15, 0.2) is 54.9 Å². The number of benzene rings is 1. The SMILES string of the molecule is CCC(NC(=O)/C=C/c1ccncc1)c1nc2ccccc2[nH]1. The second-order valence-corrected chi connectivity index (χ2v) is 5.22. The summed E-state index contributed by atoms with van der Waals surface area (Å²) in [6.07, 6.45) is 7.44. The highest BCUT2D eigenvalue weighted by atomic mass is 16.1. The van der Waals surface area contributed by atoms with Crippen LogP contribution in [-0.4, -0.2) is 20.9 Å². The molecule has 0 fully saturated rings. The Morgan fingerprint density at radius 2 is 2.04 bits per heavy atom. The molecule has 2 N–H and O–H groups in total. The maximum atomic E-state index is 12.1. The predicted molar refractivity (Wildman–Crippen MR) is 90.5 cm³/mol. The summed E-state index contributed by atoms with van der Waals surface area (Å²) in [5.41, 5.74) is 2.82. The van der Waals surface area contributed by atoms with Crippen LogP contribution in [0, 0.1) is 0 Å². The first-order chi connectivity index (χ1) is 11.3. The Hall–Kier alpha value is -2.95. The van der Waals surface area contributed by atoms with Gasteiger partial charge in [-0.2, -0.15) is 0 Å². The molecule has 0 bridgehead atoms. The highest BCUT2D eigenvalue weighted by molar-refractivity contribution is 5.92. The quantitative estimate of drug-likeness (QED) is 0.711. The van der Waals surface area contributed by atoms with E-state index < -0.39 is 0 Å². The summed E-state index contributed by atoms with van der Waals surface area (Å²) >= 11 is 0. The van der Waals surface area contributed by atoms with Crippen molar-refractivity contribution in [1.29, 1.82) is 0 Å². The molecule has 0 spiro atoms. The molecule has 3 rings (SSSR count). The highest BCUT2D eigenvalue weighted by Crippen LogP contribution is 2.18. The minimum absolute atomic E-state index is 0.142. The fourth-order valence-corrected chi connectivity index (χ4v) is 2.37. The molecule has 0 aliphatic rings. The number of imidazole rings is 1. The van der Waals surface area contributed by atoms with E-state index >= 15 is 0 Å². The Kier molecular flexibility index (Phi) is 4.47. The van der Waals surface area contributed by atoms with E-state index in [1.165, 1.54) is 6.08 Å². The van der Waals surface area contributed by atoms with E-state index in [0.717, 1.165) is 28.8 Å². The fourth-order valence-electron chi connectivity index (χ4n) is 2.37. The molecule has 2 aromatic heterocycles. The van der Waals surface area contributed by atoms with E-state index in [1.807, 2.05) is 43.3 Å². The Morgan fingerprint density at radius 3 is 2.78 bits per heavy atom. The van der Waals surface area contributed by atoms with Gasteiger partial charge in [0.15, 0.2) is 0 Å². The largest absolute Gasteiger partial charge is 0.343 e. The number of H-pyrrole nitrogens is 1. The van der Waals surface area contributed by atoms with Crippen molar-refractivity contribution in [2.75, 3.05) is 0 Å². The van der Waals surface area contributed by atoms with Gasteiger partial charge in [0.2, 0.25) is 5.91 Å². The number of pyridine rings is 1. The van der Waals surface area contributed by atoms with Crippen molar-refractivity contribution in [2.45, 2.75) is 19.4 Å². The first-order valence-electron chi connectivity index (χ1n) is 7.59. The van der Waals surface area contributed by atoms with Crippen LogP contribution >= 0.6 is 0 Å². The molecule has 1 atom stereocenters. The van der Waals surface area contributed by atoms with Gasteiger partial charge in [-0.1, -0.05) is 19.1 Å². The summed E-state index contributed by atoms with van der Waals surface area (Å²) in [6, 6.07) is 11.4. The number of carbonyl (C=O) groups is 1. The minimum atomic E-state index is -0.144. The number of nitrogens with one attached hydrogen (secondary N) is 2. The van der Waals surface area contributed by atoms with Crippen molar-refractivity contribution >= 4 is 23.0 Å². The van der Waals surface area contributed by atoms with Crippen molar-refractivity contribution in [3.63, 3.8) is 0 Å². The third-order valence-corrected chi connectivity index (χ3v) is 3.60. The molecule has 0 aliphatic carbocycles. The fraction of sp³-hybridized carbons (Fsp3) is 0.167. The maximum absolute atomic E-state index is 12.1. The van der Waals surface area contributed by atoms with E-state index in [2.05, 4.69) is 20.3 Å². The van der Waals surface area contributed by atoms with Crippen molar-refractivity contribution in [2.24, 2.45) is 0 Å². The summed E-state index contributed by atoms with van der Waals surface area (Å²) in [4.78, 5) is 23.9. The lowest BCUT2D eigenvalue weighted by atomic mass is 10.2. The highest BCUT2D eigenvalue weighted by Gasteiger charge is 2.15. The molecule has 0 saturated heterocycles. The summed E-state index contributed by atoms with van der Waals surface area (Å²) in [6.45, 7) is 2.02. The van der Waals surface area contributed by atoms with Crippen molar-refractivity contribution in [1.82, 2.24) is 20.3 Å². The van der Waals surface area contributed by atoms with Gasteiger partial charge in [0.1, 0.15) is 5.82 Å². The van der Waals surface area contributed by atoms with Crippen LogP contribution in [0.1, 0.15) is 30.8 Å². The van der Waals surface area contributed by atoms with Gasteiger partial charge in [0, 0.05) is 18.5 Å². The van der Waals surface area contributed by atoms with Gasteiger partial charge in [-0.15, -0.1) is 0 Å². The minimum Gasteiger partial charge on any atom is -0.343 e. The summed E-state index contributed by atoms with van der Waals surface area (Å²) in [5, 5.41) is 2.98. The van der Waals surface area contributed by atoms with Crippen LogP contribution in [0.3, 0.4) is 0 Å². The van der Waals surface area contributed by atoms with Crippen molar-refractivity contribution < 1.29 is 4.79 Å². The Morgan fingerprint density at radius 1 is 1.26 bits per heavy atom. The summed E-state index contributed by atoms with van der Waals surface area (Å²) in [5.74, 6) is 0.633.